The molecule has 6 heteroatoms. The first-order chi connectivity index (χ1) is 9.50. The van der Waals surface area contributed by atoms with Gasteiger partial charge in [0.1, 0.15) is 5.69 Å². The molecule has 1 heterocycles. The van der Waals surface area contributed by atoms with Crippen molar-refractivity contribution in [3.8, 4) is 0 Å². The van der Waals surface area contributed by atoms with Crippen LogP contribution in [0.15, 0.2) is 24.4 Å². The lowest BCUT2D eigenvalue weighted by Crippen LogP contribution is -2.31. The number of nitrogens with one attached hydrogen (secondary N) is 1. The minimum Gasteiger partial charge on any atom is -0.398 e. The van der Waals surface area contributed by atoms with Crippen LogP contribution in [-0.4, -0.2) is 43.0 Å². The van der Waals surface area contributed by atoms with Crippen LogP contribution in [0.4, 0.5) is 5.69 Å². The molecule has 0 saturated carbocycles. The fraction of sp³-hybridized carbons (Fsp3) is 0.286. The molecule has 0 unspecified atom stereocenters. The second kappa shape index (κ2) is 6.07. The van der Waals surface area contributed by atoms with Crippen molar-refractivity contribution in [3.63, 3.8) is 0 Å². The summed E-state index contributed by atoms with van der Waals surface area (Å²) in [5.41, 5.74) is 6.79. The summed E-state index contributed by atoms with van der Waals surface area (Å²) in [5.74, 6) is -0.245. The highest BCUT2D eigenvalue weighted by atomic mass is 35.5. The van der Waals surface area contributed by atoms with E-state index in [0.717, 1.165) is 11.9 Å². The van der Waals surface area contributed by atoms with Gasteiger partial charge in [0.2, 0.25) is 0 Å². The Labute approximate surface area is 122 Å². The summed E-state index contributed by atoms with van der Waals surface area (Å²) in [6.07, 6.45) is 1.57. The van der Waals surface area contributed by atoms with Gasteiger partial charge in [-0.1, -0.05) is 11.6 Å². The molecule has 0 aliphatic carbocycles. The lowest BCUT2D eigenvalue weighted by atomic mass is 10.1. The van der Waals surface area contributed by atoms with Gasteiger partial charge in [0.25, 0.3) is 5.91 Å². The highest BCUT2D eigenvalue weighted by Gasteiger charge is 2.15. The van der Waals surface area contributed by atoms with Gasteiger partial charge in [-0.2, -0.15) is 0 Å². The van der Waals surface area contributed by atoms with Crippen LogP contribution in [0.5, 0.6) is 0 Å². The van der Waals surface area contributed by atoms with Gasteiger partial charge in [-0.05, 0) is 32.3 Å². The number of nitrogens with zero attached hydrogens (tertiary/aromatic N) is 2. The third-order valence-electron chi connectivity index (χ3n) is 2.97. The standard InChI is InChI=1S/C14H17ClN4O/c1-19(2)8-7-18-14(20)13-12-9(5-6-17-13)11(16)4-3-10(12)15/h3-6H,7-8,16H2,1-2H3,(H,18,20). The number of halogens is 1. The number of anilines is 1. The molecule has 0 fully saturated rings. The van der Waals surface area contributed by atoms with Gasteiger partial charge in [0.15, 0.2) is 0 Å². The van der Waals surface area contributed by atoms with E-state index in [0.29, 0.717) is 28.3 Å². The molecule has 0 atom stereocenters. The SMILES string of the molecule is CN(C)CCNC(=O)c1nccc2c(N)ccc(Cl)c12. The first-order valence-corrected chi connectivity index (χ1v) is 6.64. The number of likely N-dealkylation sites (N-methyl/N-ethyl adjacent to an activating group) is 1. The first kappa shape index (κ1) is 14.6. The lowest BCUT2D eigenvalue weighted by Gasteiger charge is -2.12. The molecule has 0 saturated heterocycles. The molecule has 2 aromatic rings. The molecule has 5 nitrogen and oxygen atoms in total. The number of hydrogen-bond donors (Lipinski definition) is 2. The van der Waals surface area contributed by atoms with E-state index in [1.54, 1.807) is 24.4 Å². The van der Waals surface area contributed by atoms with Crippen LogP contribution in [0.1, 0.15) is 10.5 Å². The first-order valence-electron chi connectivity index (χ1n) is 6.26. The summed E-state index contributed by atoms with van der Waals surface area (Å²) in [5, 5.41) is 4.63. The Bertz CT molecular complexity index is 642. The Kier molecular flexibility index (Phi) is 4.42. The zero-order chi connectivity index (χ0) is 14.7. The molecule has 2 rings (SSSR count). The van der Waals surface area contributed by atoms with Gasteiger partial charge in [-0.15, -0.1) is 0 Å². The summed E-state index contributed by atoms with van der Waals surface area (Å²) in [7, 11) is 3.89. The average Bonchev–Trinajstić information content (AvgIpc) is 2.42. The third kappa shape index (κ3) is 3.00. The van der Waals surface area contributed by atoms with Gasteiger partial charge in [-0.25, -0.2) is 0 Å². The predicted octanol–water partition coefficient (Wildman–Crippen LogP) is 1.76. The van der Waals surface area contributed by atoms with E-state index in [2.05, 4.69) is 10.3 Å². The Hall–Kier alpha value is -1.85. The Balaban J connectivity index is 2.35. The monoisotopic (exact) mass is 292 g/mol. The van der Waals surface area contributed by atoms with Crippen molar-refractivity contribution in [1.82, 2.24) is 15.2 Å². The molecule has 0 aliphatic rings. The number of rotatable bonds is 4. The third-order valence-corrected chi connectivity index (χ3v) is 3.28. The summed E-state index contributed by atoms with van der Waals surface area (Å²) >= 11 is 6.18. The number of nitrogen functional groups attached to an aromatic ring is 1. The van der Waals surface area contributed by atoms with Crippen LogP contribution >= 0.6 is 11.6 Å². The maximum atomic E-state index is 12.2. The Morgan fingerprint density at radius 1 is 1.40 bits per heavy atom. The summed E-state index contributed by atoms with van der Waals surface area (Å²) in [6, 6.07) is 5.16. The van der Waals surface area contributed by atoms with E-state index >= 15 is 0 Å². The molecule has 1 amide bonds. The van der Waals surface area contributed by atoms with Crippen LogP contribution in [0.25, 0.3) is 10.8 Å². The largest absolute Gasteiger partial charge is 0.398 e. The fourth-order valence-electron chi connectivity index (χ4n) is 1.93. The van der Waals surface area contributed by atoms with E-state index in [9.17, 15) is 4.79 Å². The van der Waals surface area contributed by atoms with Gasteiger partial charge >= 0.3 is 0 Å². The van der Waals surface area contributed by atoms with Crippen molar-refractivity contribution >= 4 is 34.0 Å². The molecule has 0 bridgehead atoms. The van der Waals surface area contributed by atoms with Gasteiger partial charge in [-0.3, -0.25) is 9.78 Å². The number of amides is 1. The smallest absolute Gasteiger partial charge is 0.270 e. The topological polar surface area (TPSA) is 71.2 Å². The van der Waals surface area contributed by atoms with Gasteiger partial charge < -0.3 is 16.0 Å². The minimum atomic E-state index is -0.245. The van der Waals surface area contributed by atoms with E-state index in [1.807, 2.05) is 19.0 Å². The van der Waals surface area contributed by atoms with Crippen molar-refractivity contribution in [2.75, 3.05) is 32.9 Å². The molecule has 106 valence electrons. The van der Waals surface area contributed by atoms with Gasteiger partial charge in [0, 0.05) is 35.7 Å². The normalized spacial score (nSPS) is 11.0. The predicted molar refractivity (Wildman–Crippen MR) is 82.1 cm³/mol. The molecule has 1 aromatic carbocycles. The highest BCUT2D eigenvalue weighted by molar-refractivity contribution is 6.37. The van der Waals surface area contributed by atoms with E-state index in [-0.39, 0.29) is 5.91 Å². The van der Waals surface area contributed by atoms with Crippen LogP contribution in [-0.2, 0) is 0 Å². The van der Waals surface area contributed by atoms with E-state index < -0.39 is 0 Å². The van der Waals surface area contributed by atoms with E-state index in [4.69, 9.17) is 17.3 Å². The maximum absolute atomic E-state index is 12.2. The van der Waals surface area contributed by atoms with E-state index in [1.165, 1.54) is 0 Å². The molecule has 20 heavy (non-hydrogen) atoms. The second-order valence-electron chi connectivity index (χ2n) is 4.78. The van der Waals surface area contributed by atoms with Gasteiger partial charge in [0.05, 0.1) is 5.02 Å². The molecule has 0 aliphatic heterocycles. The zero-order valence-electron chi connectivity index (χ0n) is 11.5. The molecule has 3 N–H and O–H groups in total. The number of pyridine rings is 1. The van der Waals surface area contributed by atoms with Crippen molar-refractivity contribution < 1.29 is 4.79 Å². The Morgan fingerprint density at radius 2 is 2.15 bits per heavy atom. The van der Waals surface area contributed by atoms with Crippen molar-refractivity contribution in [1.29, 1.82) is 0 Å². The molecule has 0 radical (unpaired) electrons. The quantitative estimate of drug-likeness (QED) is 0.843. The fourth-order valence-corrected chi connectivity index (χ4v) is 2.18. The van der Waals surface area contributed by atoms with Crippen molar-refractivity contribution in [2.24, 2.45) is 0 Å². The molecule has 1 aromatic heterocycles. The highest BCUT2D eigenvalue weighted by Crippen LogP contribution is 2.29. The number of benzene rings is 1. The summed E-state index contributed by atoms with van der Waals surface area (Å²) in [4.78, 5) is 18.3. The van der Waals surface area contributed by atoms with Crippen molar-refractivity contribution in [2.45, 2.75) is 0 Å². The number of nitrogens with two attached hydrogens (primary N) is 1. The van der Waals surface area contributed by atoms with Crippen LogP contribution < -0.4 is 11.1 Å². The van der Waals surface area contributed by atoms with Crippen LogP contribution in [0.2, 0.25) is 5.02 Å². The number of carbonyl (C=O) groups is 1. The molecular formula is C14H17ClN4O. The van der Waals surface area contributed by atoms with Crippen molar-refractivity contribution in [3.05, 3.63) is 35.1 Å². The zero-order valence-corrected chi connectivity index (χ0v) is 12.2. The molecule has 0 spiro atoms. The Morgan fingerprint density at radius 3 is 2.85 bits per heavy atom. The van der Waals surface area contributed by atoms with Crippen LogP contribution in [0.3, 0.4) is 0 Å². The number of hydrogen-bond acceptors (Lipinski definition) is 4. The maximum Gasteiger partial charge on any atom is 0.270 e. The number of carbonyl (C=O) groups excluding carboxylic acids is 1. The minimum absolute atomic E-state index is 0.245. The second-order valence-corrected chi connectivity index (χ2v) is 5.19. The number of aromatic nitrogens is 1. The summed E-state index contributed by atoms with van der Waals surface area (Å²) < 4.78 is 0. The molecular weight excluding hydrogens is 276 g/mol. The average molecular weight is 293 g/mol. The summed E-state index contributed by atoms with van der Waals surface area (Å²) in [6.45, 7) is 1.30. The number of fused-ring (bicyclic) bond motifs is 1. The lowest BCUT2D eigenvalue weighted by molar-refractivity contribution is 0.0948. The van der Waals surface area contributed by atoms with Crippen LogP contribution in [0, 0.1) is 0 Å².